The van der Waals surface area contributed by atoms with Crippen LogP contribution in [0.15, 0.2) is 40.9 Å². The van der Waals surface area contributed by atoms with Gasteiger partial charge in [-0.3, -0.25) is 9.69 Å². The van der Waals surface area contributed by atoms with Crippen LogP contribution in [-0.4, -0.2) is 77.9 Å². The SMILES string of the molecule is CC(C)Oc1ccc(-c2nc(-c3ccc4c(c3)CCN(CC(=O)N3CCOCC3)CC4)no2)cc1C#N.Cl. The number of amides is 1. The molecule has 9 nitrogen and oxygen atoms in total. The molecular formula is C28H32ClN5O4. The molecule has 10 heteroatoms. The van der Waals surface area contributed by atoms with E-state index >= 15 is 0 Å². The van der Waals surface area contributed by atoms with Gasteiger partial charge in [0.05, 0.1) is 31.4 Å². The number of fused-ring (bicyclic) bond motifs is 1. The monoisotopic (exact) mass is 537 g/mol. The van der Waals surface area contributed by atoms with Crippen molar-refractivity contribution in [3.63, 3.8) is 0 Å². The van der Waals surface area contributed by atoms with Gasteiger partial charge in [0, 0.05) is 37.3 Å². The molecule has 200 valence electrons. The van der Waals surface area contributed by atoms with E-state index in [2.05, 4.69) is 33.2 Å². The van der Waals surface area contributed by atoms with Crippen molar-refractivity contribution in [1.82, 2.24) is 19.9 Å². The van der Waals surface area contributed by atoms with E-state index in [1.54, 1.807) is 12.1 Å². The van der Waals surface area contributed by atoms with Gasteiger partial charge in [-0.2, -0.15) is 10.2 Å². The van der Waals surface area contributed by atoms with E-state index in [-0.39, 0.29) is 24.4 Å². The predicted molar refractivity (Wildman–Crippen MR) is 144 cm³/mol. The Kier molecular flexibility index (Phi) is 9.00. The molecule has 0 radical (unpaired) electrons. The van der Waals surface area contributed by atoms with Crippen molar-refractivity contribution < 1.29 is 18.8 Å². The van der Waals surface area contributed by atoms with Crippen LogP contribution in [0, 0.1) is 11.3 Å². The van der Waals surface area contributed by atoms with Crippen LogP contribution in [0.4, 0.5) is 0 Å². The van der Waals surface area contributed by atoms with Gasteiger partial charge >= 0.3 is 0 Å². The molecule has 1 saturated heterocycles. The number of aromatic nitrogens is 2. The third-order valence-corrected chi connectivity index (χ3v) is 6.72. The lowest BCUT2D eigenvalue weighted by Crippen LogP contribution is -2.46. The predicted octanol–water partition coefficient (Wildman–Crippen LogP) is 3.74. The number of hydrogen-bond acceptors (Lipinski definition) is 8. The number of nitrogens with zero attached hydrogens (tertiary/aromatic N) is 5. The van der Waals surface area contributed by atoms with Crippen molar-refractivity contribution in [1.29, 1.82) is 5.26 Å². The highest BCUT2D eigenvalue weighted by Gasteiger charge is 2.22. The molecule has 2 aromatic carbocycles. The average Bonchev–Trinajstić information content (AvgIpc) is 3.32. The maximum atomic E-state index is 12.7. The fraction of sp³-hybridized carbons (Fsp3) is 0.429. The van der Waals surface area contributed by atoms with Crippen LogP contribution in [0.5, 0.6) is 5.75 Å². The molecule has 0 atom stereocenters. The van der Waals surface area contributed by atoms with E-state index in [4.69, 9.17) is 14.0 Å². The second-order valence-electron chi connectivity index (χ2n) is 9.67. The Bertz CT molecular complexity index is 1310. The van der Waals surface area contributed by atoms with Crippen molar-refractivity contribution in [2.45, 2.75) is 32.8 Å². The zero-order chi connectivity index (χ0) is 25.8. The first-order chi connectivity index (χ1) is 18.0. The van der Waals surface area contributed by atoms with Gasteiger partial charge in [0.25, 0.3) is 5.89 Å². The Hall–Kier alpha value is -3.45. The van der Waals surface area contributed by atoms with Gasteiger partial charge in [-0.05, 0) is 62.1 Å². The topological polar surface area (TPSA) is 105 Å². The quantitative estimate of drug-likeness (QED) is 0.468. The molecule has 5 rings (SSSR count). The van der Waals surface area contributed by atoms with E-state index in [1.165, 1.54) is 11.1 Å². The summed E-state index contributed by atoms with van der Waals surface area (Å²) < 4.78 is 16.6. The molecule has 0 unspecified atom stereocenters. The molecule has 38 heavy (non-hydrogen) atoms. The number of carbonyl (C=O) groups is 1. The maximum Gasteiger partial charge on any atom is 0.258 e. The summed E-state index contributed by atoms with van der Waals surface area (Å²) in [7, 11) is 0. The first kappa shape index (κ1) is 27.6. The molecular weight excluding hydrogens is 506 g/mol. The molecule has 0 aliphatic carbocycles. The first-order valence-electron chi connectivity index (χ1n) is 12.7. The van der Waals surface area contributed by atoms with E-state index in [0.29, 0.717) is 61.4 Å². The number of nitriles is 1. The maximum absolute atomic E-state index is 12.7. The van der Waals surface area contributed by atoms with Crippen LogP contribution < -0.4 is 4.74 Å². The van der Waals surface area contributed by atoms with E-state index in [0.717, 1.165) is 31.5 Å². The second-order valence-corrected chi connectivity index (χ2v) is 9.67. The minimum Gasteiger partial charge on any atom is -0.490 e. The zero-order valence-corrected chi connectivity index (χ0v) is 22.5. The van der Waals surface area contributed by atoms with Gasteiger partial charge in [-0.25, -0.2) is 0 Å². The van der Waals surface area contributed by atoms with Crippen molar-refractivity contribution in [3.05, 3.63) is 53.1 Å². The Morgan fingerprint density at radius 3 is 2.53 bits per heavy atom. The number of carbonyl (C=O) groups excluding carboxylic acids is 1. The van der Waals surface area contributed by atoms with Gasteiger partial charge < -0.3 is 18.9 Å². The smallest absolute Gasteiger partial charge is 0.258 e. The molecule has 3 heterocycles. The summed E-state index contributed by atoms with van der Waals surface area (Å²) in [5, 5.41) is 13.7. The fourth-order valence-corrected chi connectivity index (χ4v) is 4.74. The van der Waals surface area contributed by atoms with Crippen molar-refractivity contribution in [2.24, 2.45) is 0 Å². The van der Waals surface area contributed by atoms with E-state index in [9.17, 15) is 10.1 Å². The Morgan fingerprint density at radius 2 is 1.79 bits per heavy atom. The summed E-state index contributed by atoms with van der Waals surface area (Å²) in [5.41, 5.74) is 4.50. The summed E-state index contributed by atoms with van der Waals surface area (Å²) in [6, 6.07) is 13.7. The number of halogens is 1. The standard InChI is InChI=1S/C28H31N5O4.ClH/c1-19(2)36-25-6-5-23(16-24(25)17-29)28-30-27(31-37-28)22-4-3-20-7-9-32(10-8-21(20)15-22)18-26(34)33-11-13-35-14-12-33;/h3-6,15-16,19H,7-14,18H2,1-2H3;1H. The third-order valence-electron chi connectivity index (χ3n) is 6.72. The van der Waals surface area contributed by atoms with Crippen LogP contribution in [0.1, 0.15) is 30.5 Å². The van der Waals surface area contributed by atoms with Crippen LogP contribution in [0.3, 0.4) is 0 Å². The molecule has 0 saturated carbocycles. The number of morpholine rings is 1. The van der Waals surface area contributed by atoms with Crippen LogP contribution in [0.25, 0.3) is 22.8 Å². The zero-order valence-electron chi connectivity index (χ0n) is 21.7. The minimum absolute atomic E-state index is 0. The lowest BCUT2D eigenvalue weighted by atomic mass is 10.00. The number of benzene rings is 2. The normalized spacial score (nSPS) is 15.8. The number of ether oxygens (including phenoxy) is 2. The Balaban J connectivity index is 0.00000336. The van der Waals surface area contributed by atoms with Crippen molar-refractivity contribution in [2.75, 3.05) is 45.9 Å². The second kappa shape index (κ2) is 12.4. The van der Waals surface area contributed by atoms with Gasteiger partial charge in [0.2, 0.25) is 11.7 Å². The average molecular weight is 538 g/mol. The highest BCUT2D eigenvalue weighted by Crippen LogP contribution is 2.29. The third kappa shape index (κ3) is 6.33. The molecule has 1 amide bonds. The molecule has 0 N–H and O–H groups in total. The summed E-state index contributed by atoms with van der Waals surface area (Å²) in [4.78, 5) is 21.4. The van der Waals surface area contributed by atoms with Crippen LogP contribution in [0.2, 0.25) is 0 Å². The number of rotatable bonds is 6. The summed E-state index contributed by atoms with van der Waals surface area (Å²) >= 11 is 0. The molecule has 2 aliphatic rings. The number of hydrogen-bond donors (Lipinski definition) is 0. The molecule has 0 bridgehead atoms. The first-order valence-corrected chi connectivity index (χ1v) is 12.7. The molecule has 3 aromatic rings. The van der Waals surface area contributed by atoms with Gasteiger partial charge in [0.15, 0.2) is 0 Å². The minimum atomic E-state index is -0.0292. The van der Waals surface area contributed by atoms with Gasteiger partial charge in [-0.1, -0.05) is 17.3 Å². The van der Waals surface area contributed by atoms with Crippen molar-refractivity contribution in [3.8, 4) is 34.7 Å². The van der Waals surface area contributed by atoms with Gasteiger partial charge in [0.1, 0.15) is 11.8 Å². The Labute approximate surface area is 228 Å². The fourth-order valence-electron chi connectivity index (χ4n) is 4.74. The van der Waals surface area contributed by atoms with E-state index in [1.807, 2.05) is 30.9 Å². The highest BCUT2D eigenvalue weighted by atomic mass is 35.5. The summed E-state index contributed by atoms with van der Waals surface area (Å²) in [6.45, 7) is 8.56. The lowest BCUT2D eigenvalue weighted by molar-refractivity contribution is -0.136. The molecule has 1 fully saturated rings. The molecule has 1 aromatic heterocycles. The lowest BCUT2D eigenvalue weighted by Gasteiger charge is -2.29. The summed E-state index contributed by atoms with van der Waals surface area (Å²) in [5.74, 6) is 1.57. The van der Waals surface area contributed by atoms with E-state index < -0.39 is 0 Å². The van der Waals surface area contributed by atoms with Gasteiger partial charge in [-0.15, -0.1) is 12.4 Å². The summed E-state index contributed by atoms with van der Waals surface area (Å²) in [6.07, 6.45) is 1.72. The molecule has 0 spiro atoms. The van der Waals surface area contributed by atoms with Crippen LogP contribution >= 0.6 is 12.4 Å². The molecule has 2 aliphatic heterocycles. The highest BCUT2D eigenvalue weighted by molar-refractivity contribution is 5.85. The van der Waals surface area contributed by atoms with Crippen molar-refractivity contribution >= 4 is 18.3 Å². The Morgan fingerprint density at radius 1 is 1.05 bits per heavy atom. The largest absolute Gasteiger partial charge is 0.490 e. The van der Waals surface area contributed by atoms with Crippen LogP contribution in [-0.2, 0) is 22.4 Å².